The second kappa shape index (κ2) is 6.84. The highest BCUT2D eigenvalue weighted by Gasteiger charge is 2.26. The third-order valence-corrected chi connectivity index (χ3v) is 4.85. The highest BCUT2D eigenvalue weighted by Crippen LogP contribution is 2.37. The van der Waals surface area contributed by atoms with Crippen molar-refractivity contribution in [3.05, 3.63) is 70.5 Å². The Labute approximate surface area is 159 Å². The minimum Gasteiger partial charge on any atom is -0.497 e. The van der Waals surface area contributed by atoms with Crippen LogP contribution in [0.5, 0.6) is 11.5 Å². The summed E-state index contributed by atoms with van der Waals surface area (Å²) >= 11 is 3.48. The van der Waals surface area contributed by atoms with E-state index >= 15 is 0 Å². The molecule has 1 N–H and O–H groups in total. The second-order valence-corrected chi connectivity index (χ2v) is 6.71. The van der Waals surface area contributed by atoms with Crippen LogP contribution >= 0.6 is 15.9 Å². The van der Waals surface area contributed by atoms with E-state index < -0.39 is 0 Å². The SMILES string of the molecule is COc1ccc(C2C=C(c3ccc(Br)cc3)Nc3ncnn32)c(OC)c1. The van der Waals surface area contributed by atoms with Gasteiger partial charge in [-0.05, 0) is 35.9 Å². The van der Waals surface area contributed by atoms with Gasteiger partial charge in [0, 0.05) is 21.8 Å². The molecule has 1 aliphatic heterocycles. The van der Waals surface area contributed by atoms with E-state index in [0.29, 0.717) is 5.95 Å². The molecule has 26 heavy (non-hydrogen) atoms. The maximum Gasteiger partial charge on any atom is 0.226 e. The first-order valence-corrected chi connectivity index (χ1v) is 8.85. The zero-order valence-corrected chi connectivity index (χ0v) is 15.9. The topological polar surface area (TPSA) is 61.2 Å². The van der Waals surface area contributed by atoms with Crippen LogP contribution in [0.4, 0.5) is 5.95 Å². The van der Waals surface area contributed by atoms with Crippen LogP contribution in [0.15, 0.2) is 59.3 Å². The smallest absolute Gasteiger partial charge is 0.226 e. The summed E-state index contributed by atoms with van der Waals surface area (Å²) in [6.45, 7) is 0. The first kappa shape index (κ1) is 16.7. The van der Waals surface area contributed by atoms with Crippen molar-refractivity contribution in [1.29, 1.82) is 0 Å². The molecular formula is C19H17BrN4O2. The summed E-state index contributed by atoms with van der Waals surface area (Å²) in [7, 11) is 3.29. The number of nitrogens with zero attached hydrogens (tertiary/aromatic N) is 3. The number of halogens is 1. The largest absolute Gasteiger partial charge is 0.497 e. The Morgan fingerprint density at radius 3 is 2.62 bits per heavy atom. The number of benzene rings is 2. The molecule has 4 rings (SSSR count). The quantitative estimate of drug-likeness (QED) is 0.698. The van der Waals surface area contributed by atoms with Crippen molar-refractivity contribution in [1.82, 2.24) is 14.8 Å². The molecule has 0 aliphatic carbocycles. The van der Waals surface area contributed by atoms with Crippen LogP contribution in [0.1, 0.15) is 17.2 Å². The first-order valence-electron chi connectivity index (χ1n) is 8.06. The number of hydrogen-bond acceptors (Lipinski definition) is 5. The molecule has 0 radical (unpaired) electrons. The van der Waals surface area contributed by atoms with Gasteiger partial charge in [0.15, 0.2) is 0 Å². The van der Waals surface area contributed by atoms with Crippen LogP contribution in [0, 0.1) is 0 Å². The Balaban J connectivity index is 1.82. The molecular weight excluding hydrogens is 396 g/mol. The number of nitrogens with one attached hydrogen (secondary N) is 1. The summed E-state index contributed by atoms with van der Waals surface area (Å²) < 4.78 is 13.8. The van der Waals surface area contributed by atoms with Gasteiger partial charge >= 0.3 is 0 Å². The molecule has 6 nitrogen and oxygen atoms in total. The van der Waals surface area contributed by atoms with E-state index in [-0.39, 0.29) is 6.04 Å². The molecule has 1 unspecified atom stereocenters. The van der Waals surface area contributed by atoms with Gasteiger partial charge in [0.05, 0.1) is 14.2 Å². The van der Waals surface area contributed by atoms with Crippen molar-refractivity contribution < 1.29 is 9.47 Å². The Kier molecular flexibility index (Phi) is 4.38. The number of rotatable bonds is 4. The van der Waals surface area contributed by atoms with E-state index in [0.717, 1.165) is 32.8 Å². The maximum atomic E-state index is 5.59. The van der Waals surface area contributed by atoms with E-state index in [9.17, 15) is 0 Å². The van der Waals surface area contributed by atoms with Gasteiger partial charge in [-0.2, -0.15) is 10.1 Å². The number of aromatic nitrogens is 3. The molecule has 1 aromatic heterocycles. The normalized spacial score (nSPS) is 15.7. The summed E-state index contributed by atoms with van der Waals surface area (Å²) in [5, 5.41) is 7.72. The molecule has 1 atom stereocenters. The molecule has 0 bridgehead atoms. The molecule has 7 heteroatoms. The van der Waals surface area contributed by atoms with Gasteiger partial charge in [-0.3, -0.25) is 0 Å². The van der Waals surface area contributed by atoms with Crippen molar-refractivity contribution in [3.63, 3.8) is 0 Å². The van der Waals surface area contributed by atoms with Crippen molar-refractivity contribution in [2.24, 2.45) is 0 Å². The van der Waals surface area contributed by atoms with Crippen LogP contribution in [0.2, 0.25) is 0 Å². The fourth-order valence-electron chi connectivity index (χ4n) is 3.02. The highest BCUT2D eigenvalue weighted by atomic mass is 79.9. The molecule has 0 amide bonds. The Hall–Kier alpha value is -2.80. The zero-order valence-electron chi connectivity index (χ0n) is 14.3. The lowest BCUT2D eigenvalue weighted by Crippen LogP contribution is -2.20. The third kappa shape index (κ3) is 2.94. The van der Waals surface area contributed by atoms with Crippen LogP contribution < -0.4 is 14.8 Å². The second-order valence-electron chi connectivity index (χ2n) is 5.79. The maximum absolute atomic E-state index is 5.59. The third-order valence-electron chi connectivity index (χ3n) is 4.32. The van der Waals surface area contributed by atoms with Crippen molar-refractivity contribution >= 4 is 27.6 Å². The molecule has 2 heterocycles. The summed E-state index contributed by atoms with van der Waals surface area (Å²) in [6.07, 6.45) is 3.67. The lowest BCUT2D eigenvalue weighted by Gasteiger charge is -2.25. The van der Waals surface area contributed by atoms with Gasteiger partial charge in [0.1, 0.15) is 23.9 Å². The van der Waals surface area contributed by atoms with E-state index in [1.807, 2.05) is 35.0 Å². The van der Waals surface area contributed by atoms with E-state index in [1.54, 1.807) is 20.5 Å². The molecule has 1 aliphatic rings. The molecule has 2 aromatic carbocycles. The average molecular weight is 413 g/mol. The molecule has 132 valence electrons. The Morgan fingerprint density at radius 1 is 1.08 bits per heavy atom. The standard InChI is InChI=1S/C19H17BrN4O2/c1-25-14-7-8-15(18(9-14)26-2)17-10-16(12-3-5-13(20)6-4-12)23-19-21-11-22-24(17)19/h3-11,17H,1-2H3,(H,21,22,23). The van der Waals surface area contributed by atoms with E-state index in [2.05, 4.69) is 49.5 Å². The van der Waals surface area contributed by atoms with E-state index in [1.165, 1.54) is 0 Å². The van der Waals surface area contributed by atoms with Gasteiger partial charge in [0.2, 0.25) is 5.95 Å². The lowest BCUT2D eigenvalue weighted by atomic mass is 10.0. The first-order chi connectivity index (χ1) is 12.7. The highest BCUT2D eigenvalue weighted by molar-refractivity contribution is 9.10. The Bertz CT molecular complexity index is 966. The Morgan fingerprint density at radius 2 is 1.88 bits per heavy atom. The number of methoxy groups -OCH3 is 2. The average Bonchev–Trinajstić information content (AvgIpc) is 3.16. The van der Waals surface area contributed by atoms with Gasteiger partial charge < -0.3 is 14.8 Å². The van der Waals surface area contributed by atoms with Gasteiger partial charge in [-0.1, -0.05) is 28.1 Å². The van der Waals surface area contributed by atoms with Crippen LogP contribution in [-0.2, 0) is 0 Å². The van der Waals surface area contributed by atoms with E-state index in [4.69, 9.17) is 9.47 Å². The van der Waals surface area contributed by atoms with Gasteiger partial charge in [-0.15, -0.1) is 0 Å². The van der Waals surface area contributed by atoms with Crippen molar-refractivity contribution in [2.45, 2.75) is 6.04 Å². The number of anilines is 1. The number of fused-ring (bicyclic) bond motifs is 1. The zero-order chi connectivity index (χ0) is 18.1. The monoisotopic (exact) mass is 412 g/mol. The minimum atomic E-state index is -0.145. The molecule has 0 saturated carbocycles. The minimum absolute atomic E-state index is 0.145. The fourth-order valence-corrected chi connectivity index (χ4v) is 3.28. The molecule has 3 aromatic rings. The van der Waals surface area contributed by atoms with Crippen molar-refractivity contribution in [3.8, 4) is 11.5 Å². The lowest BCUT2D eigenvalue weighted by molar-refractivity contribution is 0.387. The molecule has 0 spiro atoms. The van der Waals surface area contributed by atoms with Crippen LogP contribution in [0.3, 0.4) is 0 Å². The number of hydrogen-bond donors (Lipinski definition) is 1. The number of ether oxygens (including phenoxy) is 2. The van der Waals surface area contributed by atoms with Crippen LogP contribution in [-0.4, -0.2) is 29.0 Å². The summed E-state index contributed by atoms with van der Waals surface area (Å²) in [4.78, 5) is 4.34. The predicted octanol–water partition coefficient (Wildman–Crippen LogP) is 4.11. The number of allylic oxidation sites excluding steroid dienone is 1. The summed E-state index contributed by atoms with van der Waals surface area (Å²) in [6, 6.07) is 13.8. The molecule has 0 saturated heterocycles. The van der Waals surface area contributed by atoms with Crippen LogP contribution in [0.25, 0.3) is 5.70 Å². The molecule has 0 fully saturated rings. The fraction of sp³-hybridized carbons (Fsp3) is 0.158. The van der Waals surface area contributed by atoms with Crippen molar-refractivity contribution in [2.75, 3.05) is 19.5 Å². The predicted molar refractivity (Wildman–Crippen MR) is 103 cm³/mol. The van der Waals surface area contributed by atoms with Gasteiger partial charge in [-0.25, -0.2) is 4.68 Å². The summed E-state index contributed by atoms with van der Waals surface area (Å²) in [5.74, 6) is 2.17. The summed E-state index contributed by atoms with van der Waals surface area (Å²) in [5.41, 5.74) is 3.02. The van der Waals surface area contributed by atoms with Gasteiger partial charge in [0.25, 0.3) is 0 Å².